The molecule has 0 aromatic carbocycles. The fourth-order valence-corrected chi connectivity index (χ4v) is 5.97. The molecular formula is C22H29ClN4O4. The predicted molar refractivity (Wildman–Crippen MR) is 116 cm³/mol. The van der Waals surface area contributed by atoms with Gasteiger partial charge in [0.25, 0.3) is 0 Å². The summed E-state index contributed by atoms with van der Waals surface area (Å²) in [7, 11) is 0. The first-order chi connectivity index (χ1) is 15.0. The number of halogens is 1. The zero-order chi connectivity index (χ0) is 21.6. The number of amides is 2. The minimum absolute atomic E-state index is 0.216. The number of carbonyl (C=O) groups is 2. The van der Waals surface area contributed by atoms with E-state index < -0.39 is 0 Å². The molecule has 1 unspecified atom stereocenters. The number of aliphatic hydroxyl groups is 1. The Balaban J connectivity index is 1.31. The van der Waals surface area contributed by atoms with E-state index in [4.69, 9.17) is 16.3 Å². The smallest absolute Gasteiger partial charge is 0.414 e. The number of hydrogen-bond acceptors (Lipinski definition) is 6. The van der Waals surface area contributed by atoms with Gasteiger partial charge in [-0.2, -0.15) is 0 Å². The Bertz CT molecular complexity index is 875. The van der Waals surface area contributed by atoms with E-state index in [9.17, 15) is 14.7 Å². The molecule has 0 bridgehead atoms. The van der Waals surface area contributed by atoms with Crippen LogP contribution < -0.4 is 9.80 Å². The van der Waals surface area contributed by atoms with Gasteiger partial charge in [-0.15, -0.1) is 0 Å². The summed E-state index contributed by atoms with van der Waals surface area (Å²) in [5.41, 5.74) is 0.252. The summed E-state index contributed by atoms with van der Waals surface area (Å²) >= 11 is 6.58. The monoisotopic (exact) mass is 448 g/mol. The van der Waals surface area contributed by atoms with Crippen LogP contribution in [0.5, 0.6) is 0 Å². The second-order valence-corrected chi connectivity index (χ2v) is 9.69. The van der Waals surface area contributed by atoms with Crippen molar-refractivity contribution in [3.8, 4) is 0 Å². The Morgan fingerprint density at radius 2 is 1.94 bits per heavy atom. The first-order valence-electron chi connectivity index (χ1n) is 11.3. The number of likely N-dealkylation sites (tertiary alicyclic amines) is 1. The third kappa shape index (κ3) is 3.74. The van der Waals surface area contributed by atoms with E-state index in [0.717, 1.165) is 58.0 Å². The van der Waals surface area contributed by atoms with Gasteiger partial charge >= 0.3 is 6.09 Å². The Hall–Kier alpha value is -2.06. The summed E-state index contributed by atoms with van der Waals surface area (Å²) in [5, 5.41) is 10.3. The van der Waals surface area contributed by atoms with Crippen molar-refractivity contribution < 1.29 is 19.4 Å². The molecule has 8 nitrogen and oxygen atoms in total. The second kappa shape index (κ2) is 8.13. The van der Waals surface area contributed by atoms with Crippen molar-refractivity contribution in [1.29, 1.82) is 0 Å². The highest BCUT2D eigenvalue weighted by molar-refractivity contribution is 6.33. The number of piperidine rings is 1. The molecule has 0 radical (unpaired) electrons. The van der Waals surface area contributed by atoms with Crippen LogP contribution in [-0.4, -0.2) is 71.9 Å². The largest absolute Gasteiger partial charge is 0.447 e. The van der Waals surface area contributed by atoms with E-state index in [2.05, 4.69) is 14.8 Å². The molecule has 4 heterocycles. The molecule has 1 atom stereocenters. The maximum Gasteiger partial charge on any atom is 0.414 e. The molecule has 3 saturated heterocycles. The van der Waals surface area contributed by atoms with Crippen LogP contribution in [0.2, 0.25) is 5.02 Å². The third-order valence-corrected chi connectivity index (χ3v) is 7.69. The molecule has 9 heteroatoms. The Morgan fingerprint density at radius 1 is 1.13 bits per heavy atom. The van der Waals surface area contributed by atoms with Crippen molar-refractivity contribution in [1.82, 2.24) is 9.88 Å². The number of nitrogens with zero attached hydrogens (tertiary/aromatic N) is 4. The van der Waals surface area contributed by atoms with E-state index in [1.54, 1.807) is 12.3 Å². The van der Waals surface area contributed by atoms with Crippen LogP contribution >= 0.6 is 11.6 Å². The number of aliphatic hydroxyl groups excluding tert-OH is 1. The fraction of sp³-hybridized carbons (Fsp3) is 0.682. The number of cyclic esters (lactones) is 1. The lowest BCUT2D eigenvalue weighted by Gasteiger charge is -2.41. The molecule has 1 spiro atoms. The number of rotatable bonds is 3. The lowest BCUT2D eigenvalue weighted by Crippen LogP contribution is -2.50. The zero-order valence-corrected chi connectivity index (χ0v) is 18.4. The average molecular weight is 449 g/mol. The first kappa shape index (κ1) is 20.8. The number of ether oxygens (including phenoxy) is 1. The van der Waals surface area contributed by atoms with Gasteiger partial charge < -0.3 is 19.6 Å². The lowest BCUT2D eigenvalue weighted by atomic mass is 9.78. The topological polar surface area (TPSA) is 86.2 Å². The molecule has 168 valence electrons. The van der Waals surface area contributed by atoms with Crippen LogP contribution in [0.3, 0.4) is 0 Å². The molecule has 31 heavy (non-hydrogen) atoms. The van der Waals surface area contributed by atoms with E-state index in [-0.39, 0.29) is 29.6 Å². The van der Waals surface area contributed by atoms with Gasteiger partial charge in [-0.05, 0) is 51.0 Å². The van der Waals surface area contributed by atoms with Crippen molar-refractivity contribution in [3.05, 3.63) is 17.3 Å². The average Bonchev–Trinajstić information content (AvgIpc) is 3.33. The Labute approximate surface area is 187 Å². The van der Waals surface area contributed by atoms with Crippen LogP contribution in [0, 0.1) is 5.41 Å². The second-order valence-electron chi connectivity index (χ2n) is 9.28. The molecule has 3 aliphatic heterocycles. The first-order valence-corrected chi connectivity index (χ1v) is 11.7. The number of aromatic nitrogens is 1. The van der Waals surface area contributed by atoms with Gasteiger partial charge in [-0.25, -0.2) is 9.78 Å². The van der Waals surface area contributed by atoms with Gasteiger partial charge in [0.2, 0.25) is 5.91 Å². The summed E-state index contributed by atoms with van der Waals surface area (Å²) in [6, 6.07) is 2.01. The van der Waals surface area contributed by atoms with Crippen LogP contribution in [0.4, 0.5) is 16.3 Å². The van der Waals surface area contributed by atoms with Gasteiger partial charge in [0, 0.05) is 25.7 Å². The van der Waals surface area contributed by atoms with Crippen LogP contribution in [-0.2, 0) is 9.53 Å². The number of pyridine rings is 1. The molecular weight excluding hydrogens is 420 g/mol. The molecule has 1 aromatic rings. The molecule has 2 amide bonds. The van der Waals surface area contributed by atoms with Gasteiger partial charge in [-0.1, -0.05) is 11.6 Å². The number of carbonyl (C=O) groups excluding carboxylic acids is 2. The lowest BCUT2D eigenvalue weighted by molar-refractivity contribution is -0.139. The third-order valence-electron chi connectivity index (χ3n) is 7.41. The Morgan fingerprint density at radius 3 is 2.65 bits per heavy atom. The van der Waals surface area contributed by atoms with Crippen molar-refractivity contribution in [2.45, 2.75) is 57.1 Å². The highest BCUT2D eigenvalue weighted by Crippen LogP contribution is 2.44. The van der Waals surface area contributed by atoms with Crippen molar-refractivity contribution in [2.75, 3.05) is 42.6 Å². The summed E-state index contributed by atoms with van der Waals surface area (Å²) in [6.07, 6.45) is 7.07. The SMILES string of the molecule is O=C1OCCN1c1cnc(N2CCCC3(CCN([C@H]4CC[C@@H](O)CC4)C3=O)C2)c(Cl)c1. The maximum absolute atomic E-state index is 13.5. The summed E-state index contributed by atoms with van der Waals surface area (Å²) < 4.78 is 5.00. The highest BCUT2D eigenvalue weighted by atomic mass is 35.5. The standard InChI is InChI=1S/C22H29ClN4O4/c23-18-12-16(27-10-11-31-21(27)30)13-24-19(18)25-8-1-6-22(14-25)7-9-26(20(22)29)15-2-4-17(28)5-3-15/h12-13,15,17,28H,1-11,14H2/t15-,17+,22?. The molecule has 1 saturated carbocycles. The van der Waals surface area contributed by atoms with Gasteiger partial charge in [-0.3, -0.25) is 9.69 Å². The highest BCUT2D eigenvalue weighted by Gasteiger charge is 2.51. The quantitative estimate of drug-likeness (QED) is 0.765. The van der Waals surface area contributed by atoms with Gasteiger partial charge in [0.05, 0.1) is 35.0 Å². The summed E-state index contributed by atoms with van der Waals surface area (Å²) in [5.74, 6) is 0.926. The fourth-order valence-electron chi connectivity index (χ4n) is 5.69. The minimum Gasteiger partial charge on any atom is -0.447 e. The van der Waals surface area contributed by atoms with Crippen LogP contribution in [0.15, 0.2) is 12.3 Å². The molecule has 1 N–H and O–H groups in total. The van der Waals surface area contributed by atoms with Crippen molar-refractivity contribution in [2.24, 2.45) is 5.41 Å². The molecule has 1 aromatic heterocycles. The van der Waals surface area contributed by atoms with E-state index in [1.807, 2.05) is 0 Å². The van der Waals surface area contributed by atoms with Crippen molar-refractivity contribution >= 4 is 35.1 Å². The van der Waals surface area contributed by atoms with Gasteiger partial charge in [0.1, 0.15) is 12.4 Å². The van der Waals surface area contributed by atoms with Crippen LogP contribution in [0.1, 0.15) is 44.9 Å². The van der Waals surface area contributed by atoms with E-state index >= 15 is 0 Å². The molecule has 4 aliphatic rings. The number of anilines is 2. The molecule has 1 aliphatic carbocycles. The summed E-state index contributed by atoms with van der Waals surface area (Å²) in [4.78, 5) is 35.6. The zero-order valence-electron chi connectivity index (χ0n) is 17.6. The van der Waals surface area contributed by atoms with E-state index in [0.29, 0.717) is 36.2 Å². The summed E-state index contributed by atoms with van der Waals surface area (Å²) in [6.45, 7) is 3.08. The molecule has 5 rings (SSSR count). The van der Waals surface area contributed by atoms with Crippen LogP contribution in [0.25, 0.3) is 0 Å². The maximum atomic E-state index is 13.5. The number of hydrogen-bond donors (Lipinski definition) is 1. The predicted octanol–water partition coefficient (Wildman–Crippen LogP) is 2.81. The van der Waals surface area contributed by atoms with Gasteiger partial charge in [0.15, 0.2) is 0 Å². The Kier molecular flexibility index (Phi) is 5.46. The molecule has 4 fully saturated rings. The minimum atomic E-state index is -0.380. The normalized spacial score (nSPS) is 31.6. The van der Waals surface area contributed by atoms with E-state index in [1.165, 1.54) is 4.90 Å². The van der Waals surface area contributed by atoms with Crippen molar-refractivity contribution in [3.63, 3.8) is 0 Å².